The summed E-state index contributed by atoms with van der Waals surface area (Å²) in [6.07, 6.45) is 13.5. The lowest BCUT2D eigenvalue weighted by Crippen LogP contribution is -2.49. The number of nitrogens with zero attached hydrogens (tertiary/aromatic N) is 6. The fourth-order valence-corrected chi connectivity index (χ4v) is 11.8. The molecule has 7 N–H and O–H groups in total. The van der Waals surface area contributed by atoms with Gasteiger partial charge in [-0.05, 0) is 142 Å². The van der Waals surface area contributed by atoms with Gasteiger partial charge in [0.2, 0.25) is 11.8 Å². The molecule has 2 aromatic carbocycles. The second-order valence-corrected chi connectivity index (χ2v) is 26.1. The zero-order valence-electron chi connectivity index (χ0n) is 48.9. The molecule has 4 fully saturated rings. The van der Waals surface area contributed by atoms with Gasteiger partial charge in [0.05, 0.1) is 71.8 Å². The molecule has 4 aliphatic rings. The average Bonchev–Trinajstić information content (AvgIpc) is 1.34. The second kappa shape index (κ2) is 29.0. The highest BCUT2D eigenvalue weighted by molar-refractivity contribution is 7.84. The Kier molecular flexibility index (Phi) is 22.1. The third-order valence-electron chi connectivity index (χ3n) is 16.0. The van der Waals surface area contributed by atoms with Crippen LogP contribution in [0.15, 0.2) is 122 Å². The van der Waals surface area contributed by atoms with Crippen molar-refractivity contribution in [2.75, 3.05) is 48.6 Å². The molecule has 25 heteroatoms. The Bertz CT molecular complexity index is 3380. The Morgan fingerprint density at radius 3 is 1.52 bits per heavy atom. The van der Waals surface area contributed by atoms with Gasteiger partial charge in [-0.1, -0.05) is 73.2 Å². The molecule has 0 bridgehead atoms. The quantitative estimate of drug-likeness (QED) is 0.0418. The number of rotatable bonds is 20. The number of likely N-dealkylation sites (tertiary alicyclic amines) is 2. The Balaban J connectivity index is 0.000000225. The fraction of sp³-hybridized carbons (Fsp3) is 0.419. The molecule has 10 rings (SSSR count). The number of nitrogens with two attached hydrogens (primary N) is 1. The normalized spacial score (nSPS) is 19.9. The van der Waals surface area contributed by atoms with Crippen LogP contribution in [-0.2, 0) is 41.1 Å². The predicted octanol–water partition coefficient (Wildman–Crippen LogP) is 11.4. The van der Waals surface area contributed by atoms with Crippen LogP contribution in [-0.4, -0.2) is 114 Å². The van der Waals surface area contributed by atoms with Crippen molar-refractivity contribution < 1.29 is 41.6 Å². The van der Waals surface area contributed by atoms with Crippen molar-refractivity contribution in [2.24, 2.45) is 17.6 Å². The van der Waals surface area contributed by atoms with Gasteiger partial charge >= 0.3 is 12.1 Å². The highest BCUT2D eigenvalue weighted by atomic mass is 35.5. The number of ether oxygens (including phenoxy) is 2. The van der Waals surface area contributed by atoms with E-state index in [0.717, 1.165) is 25.7 Å². The molecule has 2 aliphatic carbocycles. The molecule has 6 heterocycles. The van der Waals surface area contributed by atoms with E-state index in [9.17, 15) is 23.4 Å². The highest BCUT2D eigenvalue weighted by Gasteiger charge is 2.44. The molecule has 6 aromatic rings. The zero-order chi connectivity index (χ0) is 61.3. The molecule has 7 atom stereocenters. The minimum absolute atomic E-state index is 0. The van der Waals surface area contributed by atoms with Gasteiger partial charge in [0.1, 0.15) is 35.4 Å². The van der Waals surface area contributed by atoms with E-state index in [1.165, 1.54) is 61.4 Å². The third-order valence-corrected chi connectivity index (χ3v) is 18.1. The number of halogens is 5. The van der Waals surface area contributed by atoms with Crippen LogP contribution in [0.5, 0.6) is 0 Å². The number of hydrogen-bond acceptors (Lipinski definition) is 12. The van der Waals surface area contributed by atoms with Crippen LogP contribution >= 0.6 is 35.6 Å². The summed E-state index contributed by atoms with van der Waals surface area (Å²) in [6.45, 7) is 6.00. The Morgan fingerprint density at radius 2 is 1.09 bits per heavy atom. The first-order valence-electron chi connectivity index (χ1n) is 28.6. The number of carbonyl (C=O) groups is 4. The summed E-state index contributed by atoms with van der Waals surface area (Å²) >= 11 is 11.8. The Labute approximate surface area is 524 Å². The molecule has 0 radical (unpaired) electrons. The van der Waals surface area contributed by atoms with Crippen LogP contribution in [0.2, 0.25) is 10.0 Å². The van der Waals surface area contributed by atoms with E-state index in [4.69, 9.17) is 38.4 Å². The van der Waals surface area contributed by atoms with Crippen molar-refractivity contribution in [1.29, 1.82) is 0 Å². The molecular weight excluding hydrogens is 1200 g/mol. The maximum atomic E-state index is 15.5. The van der Waals surface area contributed by atoms with Gasteiger partial charge in [-0.25, -0.2) is 37.3 Å². The van der Waals surface area contributed by atoms with Crippen LogP contribution in [0.4, 0.5) is 41.4 Å². The topological polar surface area (TPSA) is 248 Å². The molecule has 87 heavy (non-hydrogen) atoms. The Morgan fingerprint density at radius 1 is 0.632 bits per heavy atom. The molecule has 3 unspecified atom stereocenters. The number of methoxy groups -OCH3 is 2. The van der Waals surface area contributed by atoms with Gasteiger partial charge in [0.15, 0.2) is 0 Å². The number of aromatic nitrogens is 4. The third kappa shape index (κ3) is 16.7. The molecular formula is C62H73Cl3F2N12O7S. The zero-order valence-corrected chi connectivity index (χ0v) is 52.1. The first-order valence-corrected chi connectivity index (χ1v) is 30.5. The van der Waals surface area contributed by atoms with E-state index in [1.54, 1.807) is 60.9 Å². The largest absolute Gasteiger partial charge is 0.380 e. The molecule has 2 aliphatic heterocycles. The lowest BCUT2D eigenvalue weighted by molar-refractivity contribution is -0.120. The van der Waals surface area contributed by atoms with Crippen molar-refractivity contribution in [2.45, 2.75) is 125 Å². The van der Waals surface area contributed by atoms with Crippen LogP contribution in [0.1, 0.15) is 107 Å². The fourth-order valence-electron chi connectivity index (χ4n) is 10.6. The molecule has 2 saturated heterocycles. The van der Waals surface area contributed by atoms with Crippen molar-refractivity contribution >= 4 is 93.5 Å². The van der Waals surface area contributed by atoms with E-state index < -0.39 is 80.5 Å². The lowest BCUT2D eigenvalue weighted by Gasteiger charge is -2.37. The summed E-state index contributed by atoms with van der Waals surface area (Å²) in [5.41, 5.74) is 7.52. The van der Waals surface area contributed by atoms with Crippen LogP contribution in [0.3, 0.4) is 0 Å². The molecule has 4 aromatic heterocycles. The van der Waals surface area contributed by atoms with E-state index in [2.05, 4.69) is 45.9 Å². The number of hydrogen-bond donors (Lipinski definition) is 6. The smallest absolute Gasteiger partial charge is 0.323 e. The first kappa shape index (κ1) is 66.2. The van der Waals surface area contributed by atoms with Crippen LogP contribution < -0.4 is 31.7 Å². The molecule has 6 amide bonds. The summed E-state index contributed by atoms with van der Waals surface area (Å²) in [4.78, 5) is 73.6. The minimum Gasteiger partial charge on any atom is -0.380 e. The maximum Gasteiger partial charge on any atom is 0.323 e. The van der Waals surface area contributed by atoms with Gasteiger partial charge < -0.3 is 35.6 Å². The van der Waals surface area contributed by atoms with Crippen LogP contribution in [0.25, 0.3) is 0 Å². The number of benzene rings is 2. The van der Waals surface area contributed by atoms with Gasteiger partial charge in [0.25, 0.3) is 0 Å². The van der Waals surface area contributed by atoms with E-state index in [0.29, 0.717) is 57.2 Å². The van der Waals surface area contributed by atoms with Gasteiger partial charge in [0, 0.05) is 64.9 Å². The van der Waals surface area contributed by atoms with Crippen molar-refractivity contribution in [3.05, 3.63) is 166 Å². The van der Waals surface area contributed by atoms with Gasteiger partial charge in [-0.2, -0.15) is 0 Å². The summed E-state index contributed by atoms with van der Waals surface area (Å²) in [5.74, 6) is -0.597. The standard InChI is InChI=1S/C33H40ClFN6O4S.C29H32ClFN6O3.ClH/c1-32(2,3)46(44)40-33(15-14-21-8-9-21,28-7-5-6-16-36-28)22-10-12-25(35)26(17-22)38-30(42)27-18-24(45-4)20-41(27)31(43)39-29-13-11-23(34)19-37-29;1-40-21-15-24(37(17-21)28(39)36-26-10-8-20(30)16-34-26)27(38)35-23-14-19(7-9-22(23)31)29(32,12-11-18-5-6-18)25-4-2-3-13-33-25;/h5-7,10-13,16-17,19,21,24,27,40H,8-9,14-15,18,20H2,1-4H3,(H,38,42)(H,37,39,43);2-4,7-10,13-14,16,18,21,24H,5-6,11-12,15,17,32H2,1H3,(H,35,38)(H,34,36,39);1H/t24-,27-,33?,46?;21-,24-,29?;/m11./s1. The molecule has 0 spiro atoms. The van der Waals surface area contributed by atoms with Gasteiger partial charge in [-0.3, -0.25) is 30.2 Å². The number of nitrogens with one attached hydrogen (secondary N) is 5. The maximum absolute atomic E-state index is 15.5. The summed E-state index contributed by atoms with van der Waals surface area (Å²) in [5, 5.41) is 11.6. The average molecular weight is 1270 g/mol. The predicted molar refractivity (Wildman–Crippen MR) is 335 cm³/mol. The molecule has 19 nitrogen and oxygen atoms in total. The summed E-state index contributed by atoms with van der Waals surface area (Å²) in [6, 6.07) is 23.5. The summed E-state index contributed by atoms with van der Waals surface area (Å²) < 4.78 is 57.9. The highest BCUT2D eigenvalue weighted by Crippen LogP contribution is 2.43. The first-order chi connectivity index (χ1) is 41.2. The van der Waals surface area contributed by atoms with Crippen molar-refractivity contribution in [3.63, 3.8) is 0 Å². The Hall–Kier alpha value is -6.76. The number of amides is 6. The number of urea groups is 2. The van der Waals surface area contributed by atoms with Crippen LogP contribution in [0, 0.1) is 23.5 Å². The lowest BCUT2D eigenvalue weighted by atomic mass is 9.82. The van der Waals surface area contributed by atoms with Gasteiger partial charge in [-0.15, -0.1) is 12.4 Å². The van der Waals surface area contributed by atoms with Crippen molar-refractivity contribution in [3.8, 4) is 0 Å². The second-order valence-electron chi connectivity index (χ2n) is 23.2. The molecule has 464 valence electrons. The number of pyridine rings is 4. The van der Waals surface area contributed by atoms with E-state index >= 15 is 8.78 Å². The minimum atomic E-state index is -1.51. The number of carbonyl (C=O) groups excluding carboxylic acids is 4. The van der Waals surface area contributed by atoms with Crippen molar-refractivity contribution in [1.82, 2.24) is 34.5 Å². The summed E-state index contributed by atoms with van der Waals surface area (Å²) in [7, 11) is 1.52. The monoisotopic (exact) mass is 1270 g/mol. The molecule has 2 saturated carbocycles. The SMILES string of the molecule is CO[C@@H]1C[C@H](C(=O)Nc2cc(C(CCC3CC3)(NS(=O)C(C)(C)C)c3ccccn3)ccc2F)N(C(=O)Nc2ccc(Cl)cn2)C1.CO[C@@H]1C[C@H](C(=O)Nc2cc(C(N)(CCC3CC3)c3ccccn3)ccc2F)N(C(=O)Nc2ccc(Cl)cn2)C1.Cl. The number of anilines is 4. The van der Waals surface area contributed by atoms with E-state index in [-0.39, 0.29) is 67.5 Å². The van der Waals surface area contributed by atoms with E-state index in [1.807, 2.05) is 57.2 Å².